The van der Waals surface area contributed by atoms with Crippen molar-refractivity contribution in [3.05, 3.63) is 10.6 Å². The quantitative estimate of drug-likeness (QED) is 0.753. The standard InChI is InChI=1S/C14H28N4S/c1-6-8-18(10-9-17(4)5)14-16-12(7-2)13(19-14)11-15-3/h15H,6-11H2,1-5H3. The van der Waals surface area contributed by atoms with Crippen molar-refractivity contribution in [1.82, 2.24) is 15.2 Å². The molecule has 1 rings (SSSR count). The smallest absolute Gasteiger partial charge is 0.185 e. The SMILES string of the molecule is CCCN(CCN(C)C)c1nc(CC)c(CNC)s1. The number of thiazole rings is 1. The Labute approximate surface area is 121 Å². The van der Waals surface area contributed by atoms with Gasteiger partial charge < -0.3 is 15.1 Å². The maximum absolute atomic E-state index is 4.83. The van der Waals surface area contributed by atoms with Crippen LogP contribution in [0.5, 0.6) is 0 Å². The number of nitrogens with zero attached hydrogens (tertiary/aromatic N) is 3. The normalized spacial score (nSPS) is 11.3. The Balaban J connectivity index is 2.82. The summed E-state index contributed by atoms with van der Waals surface area (Å²) in [5, 5.41) is 4.42. The van der Waals surface area contributed by atoms with E-state index in [0.29, 0.717) is 0 Å². The highest BCUT2D eigenvalue weighted by Crippen LogP contribution is 2.27. The summed E-state index contributed by atoms with van der Waals surface area (Å²) in [5.74, 6) is 0. The molecule has 4 nitrogen and oxygen atoms in total. The van der Waals surface area contributed by atoms with Crippen LogP contribution in [0.2, 0.25) is 0 Å². The zero-order valence-electron chi connectivity index (χ0n) is 13.0. The molecule has 0 fully saturated rings. The molecule has 0 saturated carbocycles. The molecule has 0 aliphatic heterocycles. The Hall–Kier alpha value is -0.650. The van der Waals surface area contributed by atoms with E-state index in [1.54, 1.807) is 0 Å². The Bertz CT molecular complexity index is 362. The van der Waals surface area contributed by atoms with Gasteiger partial charge in [0.2, 0.25) is 0 Å². The number of nitrogens with one attached hydrogen (secondary N) is 1. The zero-order chi connectivity index (χ0) is 14.3. The van der Waals surface area contributed by atoms with Crippen molar-refractivity contribution in [2.45, 2.75) is 33.2 Å². The number of hydrogen-bond donors (Lipinski definition) is 1. The van der Waals surface area contributed by atoms with Crippen molar-refractivity contribution < 1.29 is 0 Å². The number of hydrogen-bond acceptors (Lipinski definition) is 5. The van der Waals surface area contributed by atoms with Crippen molar-refractivity contribution in [3.63, 3.8) is 0 Å². The lowest BCUT2D eigenvalue weighted by Gasteiger charge is -2.23. The van der Waals surface area contributed by atoms with Gasteiger partial charge in [0.25, 0.3) is 0 Å². The van der Waals surface area contributed by atoms with Crippen LogP contribution in [0.1, 0.15) is 30.8 Å². The summed E-state index contributed by atoms with van der Waals surface area (Å²) >= 11 is 1.84. The lowest BCUT2D eigenvalue weighted by Crippen LogP contribution is -2.32. The second-order valence-corrected chi connectivity index (χ2v) is 6.10. The summed E-state index contributed by atoms with van der Waals surface area (Å²) in [7, 11) is 6.24. The van der Waals surface area contributed by atoms with Crippen LogP contribution in [0, 0.1) is 0 Å². The second-order valence-electron chi connectivity index (χ2n) is 5.04. The van der Waals surface area contributed by atoms with Crippen molar-refractivity contribution in [1.29, 1.82) is 0 Å². The molecule has 0 aliphatic carbocycles. The van der Waals surface area contributed by atoms with Crippen molar-refractivity contribution in [3.8, 4) is 0 Å². The molecule has 1 aromatic rings. The maximum Gasteiger partial charge on any atom is 0.185 e. The Morgan fingerprint density at radius 2 is 1.89 bits per heavy atom. The third-order valence-electron chi connectivity index (χ3n) is 3.02. The second kappa shape index (κ2) is 8.51. The molecule has 0 radical (unpaired) electrons. The first-order valence-electron chi connectivity index (χ1n) is 7.15. The molecule has 0 amide bonds. The van der Waals surface area contributed by atoms with Crippen molar-refractivity contribution in [2.24, 2.45) is 0 Å². The molecule has 0 aromatic carbocycles. The number of aromatic nitrogens is 1. The molecule has 0 unspecified atom stereocenters. The van der Waals surface area contributed by atoms with E-state index in [4.69, 9.17) is 4.98 Å². The van der Waals surface area contributed by atoms with Crippen molar-refractivity contribution >= 4 is 16.5 Å². The first kappa shape index (κ1) is 16.4. The molecule has 0 spiro atoms. The average molecular weight is 284 g/mol. The van der Waals surface area contributed by atoms with Gasteiger partial charge in [0, 0.05) is 31.1 Å². The van der Waals surface area contributed by atoms with E-state index in [1.807, 2.05) is 18.4 Å². The molecule has 0 aliphatic rings. The van der Waals surface area contributed by atoms with E-state index in [2.05, 4.69) is 43.1 Å². The minimum Gasteiger partial charge on any atom is -0.347 e. The van der Waals surface area contributed by atoms with Crippen molar-refractivity contribution in [2.75, 3.05) is 45.7 Å². The highest BCUT2D eigenvalue weighted by molar-refractivity contribution is 7.15. The summed E-state index contributed by atoms with van der Waals surface area (Å²) in [5.41, 5.74) is 1.25. The minimum absolute atomic E-state index is 0.925. The molecule has 19 heavy (non-hydrogen) atoms. The van der Waals surface area contributed by atoms with E-state index in [1.165, 1.54) is 15.7 Å². The molecule has 1 aromatic heterocycles. The van der Waals surface area contributed by atoms with E-state index >= 15 is 0 Å². The summed E-state index contributed by atoms with van der Waals surface area (Å²) < 4.78 is 0. The highest BCUT2D eigenvalue weighted by atomic mass is 32.1. The van der Waals surface area contributed by atoms with Crippen LogP contribution in [-0.2, 0) is 13.0 Å². The lowest BCUT2D eigenvalue weighted by atomic mass is 10.3. The fourth-order valence-corrected chi connectivity index (χ4v) is 3.19. The molecule has 110 valence electrons. The first-order chi connectivity index (χ1) is 9.12. The molecular weight excluding hydrogens is 256 g/mol. The van der Waals surface area contributed by atoms with Crippen LogP contribution in [0.3, 0.4) is 0 Å². The predicted molar refractivity (Wildman–Crippen MR) is 85.3 cm³/mol. The Kier molecular flexibility index (Phi) is 7.34. The third kappa shape index (κ3) is 5.09. The molecule has 1 N–H and O–H groups in total. The van der Waals surface area contributed by atoms with E-state index in [9.17, 15) is 0 Å². The van der Waals surface area contributed by atoms with E-state index < -0.39 is 0 Å². The monoisotopic (exact) mass is 284 g/mol. The highest BCUT2D eigenvalue weighted by Gasteiger charge is 2.14. The largest absolute Gasteiger partial charge is 0.347 e. The molecule has 0 atom stereocenters. The lowest BCUT2D eigenvalue weighted by molar-refractivity contribution is 0.413. The predicted octanol–water partition coefficient (Wildman–Crippen LogP) is 2.20. The average Bonchev–Trinajstić information content (AvgIpc) is 2.77. The van der Waals surface area contributed by atoms with Gasteiger partial charge in [-0.05, 0) is 34.0 Å². The van der Waals surface area contributed by atoms with Crippen LogP contribution in [0.15, 0.2) is 0 Å². The van der Waals surface area contributed by atoms with E-state index in [-0.39, 0.29) is 0 Å². The van der Waals surface area contributed by atoms with Crippen LogP contribution in [0.4, 0.5) is 5.13 Å². The first-order valence-corrected chi connectivity index (χ1v) is 7.96. The third-order valence-corrected chi connectivity index (χ3v) is 4.18. The van der Waals surface area contributed by atoms with Gasteiger partial charge >= 0.3 is 0 Å². The zero-order valence-corrected chi connectivity index (χ0v) is 13.8. The Morgan fingerprint density at radius 1 is 1.16 bits per heavy atom. The topological polar surface area (TPSA) is 31.4 Å². The van der Waals surface area contributed by atoms with Gasteiger partial charge in [0.1, 0.15) is 0 Å². The fraction of sp³-hybridized carbons (Fsp3) is 0.786. The number of anilines is 1. The summed E-state index contributed by atoms with van der Waals surface area (Å²) in [6.07, 6.45) is 2.18. The maximum atomic E-state index is 4.83. The minimum atomic E-state index is 0.925. The van der Waals surface area contributed by atoms with Gasteiger partial charge in [0.15, 0.2) is 5.13 Å². The molecule has 5 heteroatoms. The number of aryl methyl sites for hydroxylation is 1. The molecular formula is C14H28N4S. The van der Waals surface area contributed by atoms with Gasteiger partial charge in [0.05, 0.1) is 5.69 Å². The van der Waals surface area contributed by atoms with Gasteiger partial charge in [-0.25, -0.2) is 4.98 Å². The molecule has 0 saturated heterocycles. The van der Waals surface area contributed by atoms with Crippen LogP contribution < -0.4 is 10.2 Å². The Morgan fingerprint density at radius 3 is 2.42 bits per heavy atom. The number of rotatable bonds is 9. The van der Waals surface area contributed by atoms with Crippen LogP contribution in [-0.4, -0.2) is 50.7 Å². The van der Waals surface area contributed by atoms with Gasteiger partial charge in [-0.1, -0.05) is 13.8 Å². The van der Waals surface area contributed by atoms with Gasteiger partial charge in [-0.15, -0.1) is 11.3 Å². The van der Waals surface area contributed by atoms with E-state index in [0.717, 1.165) is 39.0 Å². The molecule has 1 heterocycles. The summed E-state index contributed by atoms with van der Waals surface area (Å²) in [4.78, 5) is 10.9. The number of likely N-dealkylation sites (N-methyl/N-ethyl adjacent to an activating group) is 1. The van der Waals surface area contributed by atoms with Gasteiger partial charge in [-0.3, -0.25) is 0 Å². The summed E-state index contributed by atoms with van der Waals surface area (Å²) in [6.45, 7) is 8.55. The molecule has 0 bridgehead atoms. The van der Waals surface area contributed by atoms with Crippen LogP contribution in [0.25, 0.3) is 0 Å². The van der Waals surface area contributed by atoms with Gasteiger partial charge in [-0.2, -0.15) is 0 Å². The fourth-order valence-electron chi connectivity index (χ4n) is 1.97. The summed E-state index contributed by atoms with van der Waals surface area (Å²) in [6, 6.07) is 0. The van der Waals surface area contributed by atoms with Crippen LogP contribution >= 0.6 is 11.3 Å².